The highest BCUT2D eigenvalue weighted by atomic mass is 16.5. The molecule has 4 heteroatoms. The van der Waals surface area contributed by atoms with Crippen molar-refractivity contribution < 1.29 is 9.53 Å². The molecule has 3 rings (SSSR count). The molecule has 19 heavy (non-hydrogen) atoms. The zero-order valence-electron chi connectivity index (χ0n) is 10.6. The van der Waals surface area contributed by atoms with Crippen molar-refractivity contribution in [2.45, 2.75) is 12.8 Å². The summed E-state index contributed by atoms with van der Waals surface area (Å²) in [7, 11) is 0. The van der Waals surface area contributed by atoms with Crippen LogP contribution < -0.4 is 5.32 Å². The SMILES string of the molecule is O=C(Nc1cccc2cccnc12)C1CCCOC1. The average Bonchev–Trinajstić information content (AvgIpc) is 2.48. The smallest absolute Gasteiger partial charge is 0.229 e. The van der Waals surface area contributed by atoms with Gasteiger partial charge >= 0.3 is 0 Å². The Labute approximate surface area is 111 Å². The Morgan fingerprint density at radius 3 is 3.05 bits per heavy atom. The van der Waals surface area contributed by atoms with E-state index in [0.29, 0.717) is 6.61 Å². The number of nitrogens with zero attached hydrogens (tertiary/aromatic N) is 1. The summed E-state index contributed by atoms with van der Waals surface area (Å²) in [5.74, 6) is -0.0226. The highest BCUT2D eigenvalue weighted by molar-refractivity contribution is 6.01. The molecule has 1 aromatic carbocycles. The van der Waals surface area contributed by atoms with E-state index >= 15 is 0 Å². The summed E-state index contributed by atoms with van der Waals surface area (Å²) in [5, 5.41) is 4.00. The van der Waals surface area contributed by atoms with Crippen LogP contribution in [0.1, 0.15) is 12.8 Å². The van der Waals surface area contributed by atoms with E-state index in [9.17, 15) is 4.79 Å². The van der Waals surface area contributed by atoms with Crippen molar-refractivity contribution in [1.82, 2.24) is 4.98 Å². The van der Waals surface area contributed by atoms with Gasteiger partial charge in [-0.3, -0.25) is 9.78 Å². The molecule has 2 heterocycles. The third kappa shape index (κ3) is 2.58. The molecule has 0 radical (unpaired) electrons. The maximum absolute atomic E-state index is 12.2. The number of amides is 1. The maximum atomic E-state index is 12.2. The molecule has 1 N–H and O–H groups in total. The topological polar surface area (TPSA) is 51.2 Å². The zero-order chi connectivity index (χ0) is 13.1. The van der Waals surface area contributed by atoms with Crippen LogP contribution in [0.15, 0.2) is 36.5 Å². The molecule has 98 valence electrons. The highest BCUT2D eigenvalue weighted by Crippen LogP contribution is 2.22. The third-order valence-electron chi connectivity index (χ3n) is 3.42. The monoisotopic (exact) mass is 256 g/mol. The van der Waals surface area contributed by atoms with E-state index in [-0.39, 0.29) is 11.8 Å². The number of hydrogen-bond donors (Lipinski definition) is 1. The minimum atomic E-state index is -0.0484. The Morgan fingerprint density at radius 2 is 2.21 bits per heavy atom. The van der Waals surface area contributed by atoms with Gasteiger partial charge in [-0.05, 0) is 25.0 Å². The second kappa shape index (κ2) is 5.36. The van der Waals surface area contributed by atoms with Crippen molar-refractivity contribution in [3.05, 3.63) is 36.5 Å². The van der Waals surface area contributed by atoms with Gasteiger partial charge in [-0.1, -0.05) is 18.2 Å². The third-order valence-corrected chi connectivity index (χ3v) is 3.42. The van der Waals surface area contributed by atoms with Crippen LogP contribution in [0.2, 0.25) is 0 Å². The van der Waals surface area contributed by atoms with Crippen LogP contribution in [0.3, 0.4) is 0 Å². The number of nitrogens with one attached hydrogen (secondary N) is 1. The number of anilines is 1. The van der Waals surface area contributed by atoms with Crippen molar-refractivity contribution >= 4 is 22.5 Å². The van der Waals surface area contributed by atoms with Gasteiger partial charge in [0.25, 0.3) is 0 Å². The molecule has 0 aliphatic carbocycles. The standard InChI is InChI=1S/C15H16N2O2/c18-15(12-6-3-9-19-10-12)17-13-7-1-4-11-5-2-8-16-14(11)13/h1-2,4-5,7-8,12H,3,6,9-10H2,(H,17,18). The summed E-state index contributed by atoms with van der Waals surface area (Å²) >= 11 is 0. The van der Waals surface area contributed by atoms with Gasteiger partial charge < -0.3 is 10.1 Å². The Balaban J connectivity index is 1.82. The zero-order valence-corrected chi connectivity index (χ0v) is 10.6. The van der Waals surface area contributed by atoms with Gasteiger partial charge in [0, 0.05) is 18.2 Å². The molecule has 0 saturated carbocycles. The van der Waals surface area contributed by atoms with E-state index < -0.39 is 0 Å². The molecule has 1 aromatic heterocycles. The minimum Gasteiger partial charge on any atom is -0.381 e. The van der Waals surface area contributed by atoms with E-state index in [2.05, 4.69) is 10.3 Å². The second-order valence-electron chi connectivity index (χ2n) is 4.78. The quantitative estimate of drug-likeness (QED) is 0.898. The van der Waals surface area contributed by atoms with Gasteiger partial charge in [-0.15, -0.1) is 0 Å². The van der Waals surface area contributed by atoms with Crippen molar-refractivity contribution in [2.24, 2.45) is 5.92 Å². The highest BCUT2D eigenvalue weighted by Gasteiger charge is 2.22. The van der Waals surface area contributed by atoms with Crippen LogP contribution in [0.4, 0.5) is 5.69 Å². The molecule has 0 bridgehead atoms. The number of fused-ring (bicyclic) bond motifs is 1. The molecular formula is C15H16N2O2. The van der Waals surface area contributed by atoms with Crippen molar-refractivity contribution in [2.75, 3.05) is 18.5 Å². The lowest BCUT2D eigenvalue weighted by molar-refractivity contribution is -0.123. The normalized spacial score (nSPS) is 19.3. The summed E-state index contributed by atoms with van der Waals surface area (Å²) < 4.78 is 5.35. The molecule has 0 spiro atoms. The maximum Gasteiger partial charge on any atom is 0.229 e. The Kier molecular flexibility index (Phi) is 3.42. The Bertz CT molecular complexity index is 586. The van der Waals surface area contributed by atoms with Gasteiger partial charge in [-0.2, -0.15) is 0 Å². The number of hydrogen-bond acceptors (Lipinski definition) is 3. The molecular weight excluding hydrogens is 240 g/mol. The molecule has 1 unspecified atom stereocenters. The van der Waals surface area contributed by atoms with Crippen LogP contribution >= 0.6 is 0 Å². The lowest BCUT2D eigenvalue weighted by Crippen LogP contribution is -2.30. The molecule has 1 aliphatic heterocycles. The Morgan fingerprint density at radius 1 is 1.32 bits per heavy atom. The summed E-state index contributed by atoms with van der Waals surface area (Å²) in [6.45, 7) is 1.28. The fourth-order valence-electron chi connectivity index (χ4n) is 2.39. The molecule has 4 nitrogen and oxygen atoms in total. The van der Waals surface area contributed by atoms with Crippen molar-refractivity contribution in [3.8, 4) is 0 Å². The number of carbonyl (C=O) groups is 1. The first-order valence-electron chi connectivity index (χ1n) is 6.57. The van der Waals surface area contributed by atoms with Crippen LogP contribution in [-0.4, -0.2) is 24.1 Å². The Hall–Kier alpha value is -1.94. The van der Waals surface area contributed by atoms with Crippen LogP contribution in [0.25, 0.3) is 10.9 Å². The van der Waals surface area contributed by atoms with Gasteiger partial charge in [-0.25, -0.2) is 0 Å². The van der Waals surface area contributed by atoms with Gasteiger partial charge in [0.2, 0.25) is 5.91 Å². The lowest BCUT2D eigenvalue weighted by Gasteiger charge is -2.21. The minimum absolute atomic E-state index is 0.0258. The molecule has 1 atom stereocenters. The molecule has 1 saturated heterocycles. The van der Waals surface area contributed by atoms with E-state index in [1.165, 1.54) is 0 Å². The number of carbonyl (C=O) groups excluding carboxylic acids is 1. The second-order valence-corrected chi connectivity index (χ2v) is 4.78. The molecule has 1 aliphatic rings. The number of pyridine rings is 1. The van der Waals surface area contributed by atoms with Gasteiger partial charge in [0.05, 0.1) is 23.7 Å². The van der Waals surface area contributed by atoms with E-state index in [1.807, 2.05) is 30.3 Å². The molecule has 1 amide bonds. The predicted octanol–water partition coefficient (Wildman–Crippen LogP) is 2.60. The number of rotatable bonds is 2. The largest absolute Gasteiger partial charge is 0.381 e. The van der Waals surface area contributed by atoms with E-state index in [1.54, 1.807) is 6.20 Å². The number of aromatic nitrogens is 1. The fourth-order valence-corrected chi connectivity index (χ4v) is 2.39. The first-order valence-corrected chi connectivity index (χ1v) is 6.57. The molecule has 1 fully saturated rings. The molecule has 2 aromatic rings. The fraction of sp³-hybridized carbons (Fsp3) is 0.333. The number of ether oxygens (including phenoxy) is 1. The van der Waals surface area contributed by atoms with Crippen molar-refractivity contribution in [3.63, 3.8) is 0 Å². The number of benzene rings is 1. The lowest BCUT2D eigenvalue weighted by atomic mass is 10.0. The van der Waals surface area contributed by atoms with E-state index in [0.717, 1.165) is 36.0 Å². The van der Waals surface area contributed by atoms with Crippen molar-refractivity contribution in [1.29, 1.82) is 0 Å². The van der Waals surface area contributed by atoms with E-state index in [4.69, 9.17) is 4.74 Å². The van der Waals surface area contributed by atoms with Crippen LogP contribution in [0, 0.1) is 5.92 Å². The summed E-state index contributed by atoms with van der Waals surface area (Å²) in [4.78, 5) is 16.5. The number of para-hydroxylation sites is 1. The van der Waals surface area contributed by atoms with Crippen LogP contribution in [0.5, 0.6) is 0 Å². The summed E-state index contributed by atoms with van der Waals surface area (Å²) in [6.07, 6.45) is 3.58. The summed E-state index contributed by atoms with van der Waals surface area (Å²) in [5.41, 5.74) is 1.60. The van der Waals surface area contributed by atoms with Gasteiger partial charge in [0.1, 0.15) is 0 Å². The predicted molar refractivity (Wildman–Crippen MR) is 73.9 cm³/mol. The first kappa shape index (κ1) is 12.1. The van der Waals surface area contributed by atoms with Gasteiger partial charge in [0.15, 0.2) is 0 Å². The van der Waals surface area contributed by atoms with Crippen LogP contribution in [-0.2, 0) is 9.53 Å². The first-order chi connectivity index (χ1) is 9.34. The average molecular weight is 256 g/mol. The summed E-state index contributed by atoms with van der Waals surface area (Å²) in [6, 6.07) is 9.68.